The molecule has 158 valence electrons. The fourth-order valence-corrected chi connectivity index (χ4v) is 3.61. The number of rotatable bonds is 7. The van der Waals surface area contributed by atoms with E-state index in [-0.39, 0.29) is 30.2 Å². The van der Waals surface area contributed by atoms with Gasteiger partial charge in [-0.15, -0.1) is 0 Å². The van der Waals surface area contributed by atoms with E-state index in [9.17, 15) is 19.8 Å². The number of hydrogen-bond acceptors (Lipinski definition) is 6. The summed E-state index contributed by atoms with van der Waals surface area (Å²) in [5, 5.41) is 21.0. The molecule has 2 N–H and O–H groups in total. The van der Waals surface area contributed by atoms with E-state index in [1.807, 2.05) is 13.8 Å². The molecule has 1 aliphatic heterocycles. The molecular weight excluding hydrogens is 386 g/mol. The fraction of sp³-hybridized carbons (Fsp3) is 0.304. The van der Waals surface area contributed by atoms with Crippen LogP contribution in [0.1, 0.15) is 29.7 Å². The van der Waals surface area contributed by atoms with Gasteiger partial charge in [0.1, 0.15) is 17.3 Å². The van der Waals surface area contributed by atoms with Gasteiger partial charge in [-0.1, -0.05) is 12.1 Å². The first-order valence-electron chi connectivity index (χ1n) is 9.69. The number of likely N-dealkylation sites (tertiary alicyclic amines) is 1. The highest BCUT2D eigenvalue weighted by atomic mass is 16.5. The van der Waals surface area contributed by atoms with Crippen LogP contribution in [0.5, 0.6) is 11.5 Å². The molecule has 1 heterocycles. The molecule has 0 aromatic heterocycles. The second kappa shape index (κ2) is 9.00. The van der Waals surface area contributed by atoms with Gasteiger partial charge in [-0.05, 0) is 55.3 Å². The number of aryl methyl sites for hydroxylation is 1. The van der Waals surface area contributed by atoms with Gasteiger partial charge < -0.3 is 24.6 Å². The quantitative estimate of drug-likeness (QED) is 0.413. The zero-order valence-electron chi connectivity index (χ0n) is 17.2. The molecule has 1 aliphatic rings. The van der Waals surface area contributed by atoms with E-state index in [4.69, 9.17) is 9.47 Å². The molecule has 0 saturated carbocycles. The Morgan fingerprint density at radius 3 is 2.57 bits per heavy atom. The predicted molar refractivity (Wildman–Crippen MR) is 111 cm³/mol. The Kier molecular flexibility index (Phi) is 6.42. The van der Waals surface area contributed by atoms with Gasteiger partial charge in [0.2, 0.25) is 0 Å². The minimum atomic E-state index is -0.834. The molecule has 3 rings (SSSR count). The van der Waals surface area contributed by atoms with Gasteiger partial charge >= 0.3 is 0 Å². The lowest BCUT2D eigenvalue weighted by Gasteiger charge is -2.25. The third kappa shape index (κ3) is 4.02. The molecule has 2 aromatic rings. The van der Waals surface area contributed by atoms with Crippen molar-refractivity contribution in [3.63, 3.8) is 0 Å². The van der Waals surface area contributed by atoms with Crippen LogP contribution in [-0.2, 0) is 14.3 Å². The Hall–Kier alpha value is -3.32. The van der Waals surface area contributed by atoms with E-state index in [1.54, 1.807) is 30.3 Å². The SMILES string of the molecule is CCOc1ccc(/C(O)=C2/C(=O)C(=O)N(CCOC)C2c2cccc(O)c2)cc1C. The van der Waals surface area contributed by atoms with Gasteiger partial charge in [-0.25, -0.2) is 0 Å². The van der Waals surface area contributed by atoms with Crippen molar-refractivity contribution >= 4 is 17.4 Å². The minimum Gasteiger partial charge on any atom is -0.508 e. The number of phenols is 1. The van der Waals surface area contributed by atoms with E-state index >= 15 is 0 Å². The monoisotopic (exact) mass is 411 g/mol. The summed E-state index contributed by atoms with van der Waals surface area (Å²) in [4.78, 5) is 27.0. The van der Waals surface area contributed by atoms with Gasteiger partial charge in [-0.2, -0.15) is 0 Å². The van der Waals surface area contributed by atoms with Crippen molar-refractivity contribution in [3.05, 3.63) is 64.7 Å². The molecule has 1 saturated heterocycles. The summed E-state index contributed by atoms with van der Waals surface area (Å²) < 4.78 is 10.6. The van der Waals surface area contributed by atoms with Crippen LogP contribution in [0.25, 0.3) is 5.76 Å². The van der Waals surface area contributed by atoms with Crippen LogP contribution in [0.3, 0.4) is 0 Å². The second-order valence-electron chi connectivity index (χ2n) is 6.99. The molecule has 0 radical (unpaired) electrons. The maximum absolute atomic E-state index is 12.9. The number of carbonyl (C=O) groups excluding carboxylic acids is 2. The van der Waals surface area contributed by atoms with Crippen LogP contribution in [0.2, 0.25) is 0 Å². The number of hydrogen-bond donors (Lipinski definition) is 2. The van der Waals surface area contributed by atoms with Crippen molar-refractivity contribution in [1.29, 1.82) is 0 Å². The van der Waals surface area contributed by atoms with E-state index in [0.29, 0.717) is 23.5 Å². The largest absolute Gasteiger partial charge is 0.508 e. The molecule has 1 atom stereocenters. The number of aliphatic hydroxyl groups is 1. The van der Waals surface area contributed by atoms with Crippen molar-refractivity contribution < 1.29 is 29.3 Å². The molecular formula is C23H25NO6. The lowest BCUT2D eigenvalue weighted by Crippen LogP contribution is -2.32. The van der Waals surface area contributed by atoms with E-state index in [0.717, 1.165) is 5.56 Å². The maximum Gasteiger partial charge on any atom is 0.295 e. The first-order valence-corrected chi connectivity index (χ1v) is 9.69. The number of aliphatic hydroxyl groups excluding tert-OH is 1. The van der Waals surface area contributed by atoms with Crippen LogP contribution < -0.4 is 4.74 Å². The number of methoxy groups -OCH3 is 1. The summed E-state index contributed by atoms with van der Waals surface area (Å²) >= 11 is 0. The molecule has 1 unspecified atom stereocenters. The Labute approximate surface area is 175 Å². The number of ether oxygens (including phenoxy) is 2. The first-order chi connectivity index (χ1) is 14.4. The Bertz CT molecular complexity index is 997. The molecule has 1 amide bonds. The average molecular weight is 411 g/mol. The highest BCUT2D eigenvalue weighted by Gasteiger charge is 2.46. The third-order valence-corrected chi connectivity index (χ3v) is 5.01. The van der Waals surface area contributed by atoms with Gasteiger partial charge in [0, 0.05) is 19.2 Å². The van der Waals surface area contributed by atoms with Crippen LogP contribution in [-0.4, -0.2) is 53.7 Å². The summed E-state index contributed by atoms with van der Waals surface area (Å²) in [5.41, 5.74) is 1.70. The van der Waals surface area contributed by atoms with Gasteiger partial charge in [0.15, 0.2) is 0 Å². The molecule has 7 nitrogen and oxygen atoms in total. The van der Waals surface area contributed by atoms with Crippen molar-refractivity contribution in [2.24, 2.45) is 0 Å². The number of benzene rings is 2. The summed E-state index contributed by atoms with van der Waals surface area (Å²) in [6, 6.07) is 10.6. The number of amides is 1. The Morgan fingerprint density at radius 1 is 1.17 bits per heavy atom. The normalized spacial score (nSPS) is 18.1. The number of phenolic OH excluding ortho intramolecular Hbond substituents is 1. The molecule has 0 bridgehead atoms. The number of aromatic hydroxyl groups is 1. The summed E-state index contributed by atoms with van der Waals surface area (Å²) in [6.07, 6.45) is 0. The van der Waals surface area contributed by atoms with Crippen LogP contribution in [0, 0.1) is 6.92 Å². The number of ketones is 1. The molecule has 0 spiro atoms. The van der Waals surface area contributed by atoms with Gasteiger partial charge in [0.05, 0.1) is 24.8 Å². The number of Topliss-reactive ketones (excluding diaryl/α,β-unsaturated/α-hetero) is 1. The van der Waals surface area contributed by atoms with E-state index in [2.05, 4.69) is 0 Å². The Balaban J connectivity index is 2.14. The van der Waals surface area contributed by atoms with Crippen molar-refractivity contribution in [3.8, 4) is 11.5 Å². The summed E-state index contributed by atoms with van der Waals surface area (Å²) in [6.45, 7) is 4.62. The lowest BCUT2D eigenvalue weighted by molar-refractivity contribution is -0.140. The second-order valence-corrected chi connectivity index (χ2v) is 6.99. The fourth-order valence-electron chi connectivity index (χ4n) is 3.61. The average Bonchev–Trinajstić information content (AvgIpc) is 2.98. The van der Waals surface area contributed by atoms with Crippen molar-refractivity contribution in [1.82, 2.24) is 4.90 Å². The van der Waals surface area contributed by atoms with E-state index < -0.39 is 17.7 Å². The maximum atomic E-state index is 12.9. The third-order valence-electron chi connectivity index (χ3n) is 5.01. The highest BCUT2D eigenvalue weighted by molar-refractivity contribution is 6.46. The zero-order chi connectivity index (χ0) is 21.8. The Morgan fingerprint density at radius 2 is 1.93 bits per heavy atom. The van der Waals surface area contributed by atoms with Gasteiger partial charge in [-0.3, -0.25) is 9.59 Å². The number of carbonyl (C=O) groups is 2. The zero-order valence-corrected chi connectivity index (χ0v) is 17.2. The molecule has 1 fully saturated rings. The highest BCUT2D eigenvalue weighted by Crippen LogP contribution is 2.40. The smallest absolute Gasteiger partial charge is 0.295 e. The summed E-state index contributed by atoms with van der Waals surface area (Å²) in [7, 11) is 1.50. The predicted octanol–water partition coefficient (Wildman–Crippen LogP) is 3.17. The van der Waals surface area contributed by atoms with Gasteiger partial charge in [0.25, 0.3) is 11.7 Å². The van der Waals surface area contributed by atoms with E-state index in [1.165, 1.54) is 24.1 Å². The lowest BCUT2D eigenvalue weighted by atomic mass is 9.94. The van der Waals surface area contributed by atoms with Crippen molar-refractivity contribution in [2.75, 3.05) is 26.9 Å². The van der Waals surface area contributed by atoms with Crippen LogP contribution >= 0.6 is 0 Å². The van der Waals surface area contributed by atoms with Crippen LogP contribution in [0.4, 0.5) is 0 Å². The van der Waals surface area contributed by atoms with Crippen molar-refractivity contribution in [2.45, 2.75) is 19.9 Å². The molecule has 30 heavy (non-hydrogen) atoms. The molecule has 0 aliphatic carbocycles. The summed E-state index contributed by atoms with van der Waals surface area (Å²) in [5.74, 6) is -1.08. The minimum absolute atomic E-state index is 0.00161. The standard InChI is InChI=1S/C23H25NO6/c1-4-30-18-9-8-16(12-14(18)2)21(26)19-20(15-6-5-7-17(25)13-15)24(10-11-29-3)23(28)22(19)27/h5-9,12-13,20,25-26H,4,10-11H2,1-3H3/b21-19-. The van der Waals surface area contributed by atoms with Crippen LogP contribution in [0.15, 0.2) is 48.0 Å². The topological polar surface area (TPSA) is 96.3 Å². The number of nitrogens with zero attached hydrogens (tertiary/aromatic N) is 1. The molecule has 2 aromatic carbocycles. The first kappa shape index (κ1) is 21.4. The molecule has 7 heteroatoms.